The zero-order chi connectivity index (χ0) is 21.0. The number of urea groups is 1. The van der Waals surface area contributed by atoms with Crippen molar-refractivity contribution in [2.75, 3.05) is 5.32 Å². The highest BCUT2D eigenvalue weighted by atomic mass is 32.2. The van der Waals surface area contributed by atoms with Crippen molar-refractivity contribution in [2.24, 2.45) is 9.50 Å². The number of nitrogens with one attached hydrogen (secondary N) is 1. The van der Waals surface area contributed by atoms with E-state index in [0.29, 0.717) is 10.7 Å². The Hall–Kier alpha value is -1.81. The van der Waals surface area contributed by atoms with Gasteiger partial charge >= 0.3 is 6.03 Å². The molecule has 9 heteroatoms. The molecule has 7 nitrogen and oxygen atoms in total. The van der Waals surface area contributed by atoms with Crippen molar-refractivity contribution in [3.63, 3.8) is 0 Å². The maximum Gasteiger partial charge on any atom is 0.354 e. The first-order valence-corrected chi connectivity index (χ1v) is 12.2. The van der Waals surface area contributed by atoms with Gasteiger partial charge in [-0.05, 0) is 81.5 Å². The second-order valence-corrected chi connectivity index (χ2v) is 11.3. The lowest BCUT2D eigenvalue weighted by Gasteiger charge is -2.15. The molecule has 4 rings (SSSR count). The van der Waals surface area contributed by atoms with Gasteiger partial charge in [0.25, 0.3) is 0 Å². The summed E-state index contributed by atoms with van der Waals surface area (Å²) < 4.78 is 17.1. The van der Waals surface area contributed by atoms with Crippen molar-refractivity contribution in [2.45, 2.75) is 69.1 Å². The van der Waals surface area contributed by atoms with E-state index in [9.17, 15) is 14.1 Å². The normalized spacial score (nSPS) is 17.6. The number of amides is 2. The minimum atomic E-state index is -3.47. The Balaban J connectivity index is 1.68. The monoisotopic (exact) mass is 434 g/mol. The summed E-state index contributed by atoms with van der Waals surface area (Å²) in [6, 6.07) is 1.58. The molecule has 1 aromatic heterocycles. The predicted octanol–water partition coefficient (Wildman–Crippen LogP) is 3.59. The van der Waals surface area contributed by atoms with Crippen LogP contribution in [0.25, 0.3) is 0 Å². The molecule has 0 bridgehead atoms. The topological polar surface area (TPSA) is 118 Å². The van der Waals surface area contributed by atoms with Crippen LogP contribution in [0.1, 0.15) is 59.6 Å². The van der Waals surface area contributed by atoms with Gasteiger partial charge < -0.3 is 10.4 Å². The number of nitrogens with zero attached hydrogens (tertiary/aromatic N) is 2. The predicted molar refractivity (Wildman–Crippen MR) is 115 cm³/mol. The number of aromatic nitrogens is 1. The molecule has 156 valence electrons. The number of benzene rings is 1. The summed E-state index contributed by atoms with van der Waals surface area (Å²) in [4.78, 5) is 17.0. The van der Waals surface area contributed by atoms with Crippen molar-refractivity contribution in [1.29, 1.82) is 0 Å². The third-order valence-corrected chi connectivity index (χ3v) is 8.96. The van der Waals surface area contributed by atoms with Crippen LogP contribution in [0.4, 0.5) is 10.5 Å². The van der Waals surface area contributed by atoms with Crippen LogP contribution in [-0.4, -0.2) is 20.3 Å². The van der Waals surface area contributed by atoms with Crippen molar-refractivity contribution in [1.82, 2.24) is 4.98 Å². The van der Waals surface area contributed by atoms with Crippen LogP contribution in [-0.2, 0) is 41.2 Å². The van der Waals surface area contributed by atoms with Gasteiger partial charge in [-0.3, -0.25) is 0 Å². The summed E-state index contributed by atoms with van der Waals surface area (Å²) in [6.07, 6.45) is 6.06. The van der Waals surface area contributed by atoms with E-state index in [0.717, 1.165) is 55.5 Å². The van der Waals surface area contributed by atoms with Crippen LogP contribution in [0.3, 0.4) is 0 Å². The number of nitrogens with two attached hydrogens (primary N) is 1. The molecule has 0 spiro atoms. The maximum absolute atomic E-state index is 13.1. The van der Waals surface area contributed by atoms with Gasteiger partial charge in [-0.2, -0.15) is 0 Å². The molecule has 0 radical (unpaired) electrons. The molecule has 0 saturated carbocycles. The smallest absolute Gasteiger partial charge is 0.354 e. The van der Waals surface area contributed by atoms with Gasteiger partial charge in [-0.15, -0.1) is 15.7 Å². The molecular weight excluding hydrogens is 408 g/mol. The number of thiazole rings is 1. The molecule has 1 atom stereocenters. The lowest BCUT2D eigenvalue weighted by atomic mass is 9.99. The maximum atomic E-state index is 13.1. The highest BCUT2D eigenvalue weighted by Crippen LogP contribution is 2.39. The van der Waals surface area contributed by atoms with Crippen LogP contribution < -0.4 is 10.5 Å². The third-order valence-electron chi connectivity index (χ3n) is 5.47. The molecule has 2 aromatic rings. The van der Waals surface area contributed by atoms with Gasteiger partial charge in [0.05, 0.1) is 5.69 Å². The fraction of sp³-hybridized carbons (Fsp3) is 0.500. The molecule has 2 aliphatic carbocycles. The number of hydrogen-bond acceptors (Lipinski definition) is 5. The lowest BCUT2D eigenvalue weighted by molar-refractivity contribution is 0.0781. The first kappa shape index (κ1) is 20.5. The first-order valence-electron chi connectivity index (χ1n) is 9.79. The minimum absolute atomic E-state index is 0.216. The van der Waals surface area contributed by atoms with E-state index in [4.69, 9.17) is 5.14 Å². The van der Waals surface area contributed by atoms with Crippen molar-refractivity contribution in [3.05, 3.63) is 39.0 Å². The molecule has 2 amide bonds. The quantitative estimate of drug-likeness (QED) is 0.684. The Morgan fingerprint density at radius 2 is 1.83 bits per heavy atom. The zero-order valence-corrected chi connectivity index (χ0v) is 18.5. The van der Waals surface area contributed by atoms with Crippen LogP contribution in [0.5, 0.6) is 0 Å². The second-order valence-electron chi connectivity index (χ2n) is 8.28. The van der Waals surface area contributed by atoms with Crippen LogP contribution >= 0.6 is 11.3 Å². The number of aliphatic hydroxyl groups is 1. The average Bonchev–Trinajstić information content (AvgIpc) is 3.31. The molecule has 29 heavy (non-hydrogen) atoms. The lowest BCUT2D eigenvalue weighted by Crippen LogP contribution is -2.18. The van der Waals surface area contributed by atoms with Crippen LogP contribution in [0, 0.1) is 6.92 Å². The Bertz CT molecular complexity index is 1090. The Morgan fingerprint density at radius 3 is 2.34 bits per heavy atom. The summed E-state index contributed by atoms with van der Waals surface area (Å²) in [5, 5.41) is 19.4. The molecule has 0 saturated heterocycles. The number of rotatable bonds is 3. The molecule has 1 aromatic carbocycles. The van der Waals surface area contributed by atoms with E-state index in [-0.39, 0.29) is 4.21 Å². The third kappa shape index (κ3) is 3.84. The van der Waals surface area contributed by atoms with Gasteiger partial charge in [-0.25, -0.2) is 19.1 Å². The molecule has 0 unspecified atom stereocenters. The van der Waals surface area contributed by atoms with Gasteiger partial charge in [0.2, 0.25) is 0 Å². The summed E-state index contributed by atoms with van der Waals surface area (Å²) in [6.45, 7) is 4.83. The molecular formula is C20H26N4O3S2. The summed E-state index contributed by atoms with van der Waals surface area (Å²) >= 11 is 1.03. The number of fused-ring (bicyclic) bond motifs is 2. The van der Waals surface area contributed by atoms with Crippen LogP contribution in [0.2, 0.25) is 0 Å². The molecule has 2 aliphatic rings. The van der Waals surface area contributed by atoms with Crippen molar-refractivity contribution >= 4 is 33.0 Å². The van der Waals surface area contributed by atoms with Crippen molar-refractivity contribution < 1.29 is 14.1 Å². The number of carbonyl (C=O) groups excluding carboxylic acids is 1. The highest BCUT2D eigenvalue weighted by molar-refractivity contribution is 7.93. The van der Waals surface area contributed by atoms with Gasteiger partial charge in [0.1, 0.15) is 14.8 Å². The summed E-state index contributed by atoms with van der Waals surface area (Å²) in [5.74, 6) is 0. The van der Waals surface area contributed by atoms with E-state index in [1.165, 1.54) is 22.3 Å². The molecule has 0 aliphatic heterocycles. The number of carbonyl (C=O) groups is 1. The minimum Gasteiger partial charge on any atom is -0.383 e. The van der Waals surface area contributed by atoms with Crippen molar-refractivity contribution in [3.8, 4) is 0 Å². The average molecular weight is 435 g/mol. The Labute approximate surface area is 175 Å². The first-order chi connectivity index (χ1) is 13.6. The van der Waals surface area contributed by atoms with E-state index in [2.05, 4.69) is 20.7 Å². The largest absolute Gasteiger partial charge is 0.383 e. The van der Waals surface area contributed by atoms with Crippen LogP contribution in [0.15, 0.2) is 14.6 Å². The van der Waals surface area contributed by atoms with E-state index < -0.39 is 21.5 Å². The number of aryl methyl sites for hydroxylation is 3. The highest BCUT2D eigenvalue weighted by Gasteiger charge is 2.27. The number of hydrogen-bond donors (Lipinski definition) is 3. The van der Waals surface area contributed by atoms with E-state index in [1.807, 2.05) is 0 Å². The molecule has 1 heterocycles. The summed E-state index contributed by atoms with van der Waals surface area (Å²) in [7, 11) is -3.47. The van der Waals surface area contributed by atoms with Gasteiger partial charge in [-0.1, -0.05) is 6.07 Å². The van der Waals surface area contributed by atoms with Gasteiger partial charge in [0, 0.05) is 5.69 Å². The van der Waals surface area contributed by atoms with E-state index in [1.54, 1.807) is 20.8 Å². The molecule has 0 fully saturated rings. The van der Waals surface area contributed by atoms with Gasteiger partial charge in [0.15, 0.2) is 9.92 Å². The SMILES string of the molecule is Cc1nc(C(C)(C)O)sc1[S@@](N)(=O)=NC(=O)Nc1c2c(cc3c1CCC3)CCC2. The summed E-state index contributed by atoms with van der Waals surface area (Å²) in [5.41, 5.74) is 5.01. The Kier molecular flexibility index (Phi) is 5.05. The fourth-order valence-electron chi connectivity index (χ4n) is 4.18. The fourth-order valence-corrected chi connectivity index (χ4v) is 6.65. The Morgan fingerprint density at radius 1 is 1.24 bits per heavy atom. The standard InChI is InChI=1S/C20H26N4O3S2/c1-11-17(28-18(22-11)20(2,3)26)29(21,27)24-19(25)23-16-14-8-4-6-12(14)10-13-7-5-9-15(13)16/h10,26H,4-9H2,1-3H3,(H3,21,23,24,25,27)/t29-/m0/s1. The van der Waals surface area contributed by atoms with E-state index >= 15 is 0 Å². The molecule has 4 N–H and O–H groups in total. The second kappa shape index (κ2) is 7.16. The zero-order valence-electron chi connectivity index (χ0n) is 16.9. The number of anilines is 1.